The fourth-order valence-corrected chi connectivity index (χ4v) is 3.10. The van der Waals surface area contributed by atoms with E-state index in [0.29, 0.717) is 10.7 Å². The highest BCUT2D eigenvalue weighted by Crippen LogP contribution is 2.27. The molecule has 0 atom stereocenters. The van der Waals surface area contributed by atoms with E-state index in [0.717, 1.165) is 11.1 Å². The zero-order chi connectivity index (χ0) is 19.4. The third-order valence-corrected chi connectivity index (χ3v) is 4.50. The van der Waals surface area contributed by atoms with E-state index in [1.807, 2.05) is 36.4 Å². The molecule has 4 nitrogen and oxygen atoms in total. The number of hydrogen-bond donors (Lipinski definition) is 1. The maximum atomic E-state index is 12.6. The van der Waals surface area contributed by atoms with Gasteiger partial charge in [-0.25, -0.2) is 4.79 Å². The van der Waals surface area contributed by atoms with Crippen molar-refractivity contribution >= 4 is 40.8 Å². The summed E-state index contributed by atoms with van der Waals surface area (Å²) in [6.45, 7) is 0. The molecule has 136 valence electrons. The number of anilines is 1. The smallest absolute Gasteiger partial charge is 0.339 e. The molecule has 6 heteroatoms. The molecule has 0 fully saturated rings. The SMILES string of the molecule is COC(=O)c1cc(-c2ccccc2)ccc1NC(=O)c1ccc(Cl)cc1Cl. The van der Waals surface area contributed by atoms with Crippen LogP contribution in [0, 0.1) is 0 Å². The maximum Gasteiger partial charge on any atom is 0.339 e. The summed E-state index contributed by atoms with van der Waals surface area (Å²) in [5, 5.41) is 3.37. The molecule has 0 spiro atoms. The molecule has 0 saturated heterocycles. The van der Waals surface area contributed by atoms with Crippen molar-refractivity contribution in [3.05, 3.63) is 87.9 Å². The quantitative estimate of drug-likeness (QED) is 0.572. The van der Waals surface area contributed by atoms with E-state index in [1.165, 1.54) is 19.2 Å². The van der Waals surface area contributed by atoms with Crippen LogP contribution in [0.15, 0.2) is 66.7 Å². The average molecular weight is 400 g/mol. The van der Waals surface area contributed by atoms with E-state index in [1.54, 1.807) is 18.2 Å². The molecule has 0 bridgehead atoms. The number of methoxy groups -OCH3 is 1. The van der Waals surface area contributed by atoms with E-state index in [2.05, 4.69) is 5.32 Å². The average Bonchev–Trinajstić information content (AvgIpc) is 2.68. The number of amides is 1. The lowest BCUT2D eigenvalue weighted by molar-refractivity contribution is 0.0602. The van der Waals surface area contributed by atoms with Crippen LogP contribution in [0.4, 0.5) is 5.69 Å². The minimum atomic E-state index is -0.551. The summed E-state index contributed by atoms with van der Waals surface area (Å²) in [6.07, 6.45) is 0. The van der Waals surface area contributed by atoms with E-state index in [9.17, 15) is 9.59 Å². The van der Waals surface area contributed by atoms with Gasteiger partial charge >= 0.3 is 5.97 Å². The molecular formula is C21H15Cl2NO3. The molecule has 0 radical (unpaired) electrons. The minimum absolute atomic E-state index is 0.223. The largest absolute Gasteiger partial charge is 0.465 e. The number of halogens is 2. The molecule has 0 aromatic heterocycles. The number of rotatable bonds is 4. The zero-order valence-corrected chi connectivity index (χ0v) is 15.8. The lowest BCUT2D eigenvalue weighted by Crippen LogP contribution is -2.16. The van der Waals surface area contributed by atoms with Gasteiger partial charge < -0.3 is 10.1 Å². The molecule has 0 aliphatic rings. The number of hydrogen-bond acceptors (Lipinski definition) is 3. The fourth-order valence-electron chi connectivity index (χ4n) is 2.61. The first-order chi connectivity index (χ1) is 13.0. The molecular weight excluding hydrogens is 385 g/mol. The van der Waals surface area contributed by atoms with Crippen molar-refractivity contribution in [2.45, 2.75) is 0 Å². The Morgan fingerprint density at radius 2 is 1.59 bits per heavy atom. The maximum absolute atomic E-state index is 12.6. The van der Waals surface area contributed by atoms with Crippen molar-refractivity contribution in [2.24, 2.45) is 0 Å². The van der Waals surface area contributed by atoms with Crippen molar-refractivity contribution in [1.82, 2.24) is 0 Å². The van der Waals surface area contributed by atoms with Crippen LogP contribution in [0.2, 0.25) is 10.0 Å². The lowest BCUT2D eigenvalue weighted by Gasteiger charge is -2.13. The topological polar surface area (TPSA) is 55.4 Å². The second-order valence-corrected chi connectivity index (χ2v) is 6.54. The van der Waals surface area contributed by atoms with Crippen LogP contribution < -0.4 is 5.32 Å². The molecule has 0 unspecified atom stereocenters. The van der Waals surface area contributed by atoms with E-state index in [-0.39, 0.29) is 16.1 Å². The van der Waals surface area contributed by atoms with Gasteiger partial charge in [0.15, 0.2) is 0 Å². The number of benzene rings is 3. The van der Waals surface area contributed by atoms with Gasteiger partial charge in [0, 0.05) is 5.02 Å². The summed E-state index contributed by atoms with van der Waals surface area (Å²) in [5.74, 6) is -1.00. The summed E-state index contributed by atoms with van der Waals surface area (Å²) in [4.78, 5) is 24.8. The standard InChI is InChI=1S/C21H15Cl2NO3/c1-27-21(26)17-11-14(13-5-3-2-4-6-13)7-10-19(17)24-20(25)16-9-8-15(22)12-18(16)23/h2-12H,1H3,(H,24,25). The molecule has 0 saturated carbocycles. The molecule has 1 amide bonds. The van der Waals surface area contributed by atoms with Crippen molar-refractivity contribution < 1.29 is 14.3 Å². The van der Waals surface area contributed by atoms with Crippen LogP contribution in [-0.4, -0.2) is 19.0 Å². The number of carbonyl (C=O) groups is 2. The Labute approximate surface area is 166 Å². The molecule has 0 aliphatic heterocycles. The van der Waals surface area contributed by atoms with Gasteiger partial charge in [-0.2, -0.15) is 0 Å². The van der Waals surface area contributed by atoms with Crippen LogP contribution in [-0.2, 0) is 4.74 Å². The zero-order valence-electron chi connectivity index (χ0n) is 14.3. The van der Waals surface area contributed by atoms with E-state index < -0.39 is 11.9 Å². The summed E-state index contributed by atoms with van der Waals surface area (Å²) >= 11 is 12.0. The Hall–Kier alpha value is -2.82. The highest BCUT2D eigenvalue weighted by Gasteiger charge is 2.17. The molecule has 3 aromatic carbocycles. The molecule has 27 heavy (non-hydrogen) atoms. The van der Waals surface area contributed by atoms with Gasteiger partial charge in [-0.05, 0) is 41.5 Å². The number of carbonyl (C=O) groups excluding carboxylic acids is 2. The summed E-state index contributed by atoms with van der Waals surface area (Å²) < 4.78 is 4.86. The highest BCUT2D eigenvalue weighted by molar-refractivity contribution is 6.37. The summed E-state index contributed by atoms with van der Waals surface area (Å²) in [7, 11) is 1.29. The number of esters is 1. The van der Waals surface area contributed by atoms with Crippen LogP contribution in [0.5, 0.6) is 0 Å². The lowest BCUT2D eigenvalue weighted by atomic mass is 10.0. The second-order valence-electron chi connectivity index (χ2n) is 5.70. The van der Waals surface area contributed by atoms with Crippen molar-refractivity contribution in [1.29, 1.82) is 0 Å². The molecule has 3 aromatic rings. The Morgan fingerprint density at radius 1 is 0.852 bits per heavy atom. The Morgan fingerprint density at radius 3 is 2.26 bits per heavy atom. The van der Waals surface area contributed by atoms with Gasteiger partial charge in [0.05, 0.1) is 28.9 Å². The van der Waals surface area contributed by atoms with E-state index in [4.69, 9.17) is 27.9 Å². The van der Waals surface area contributed by atoms with Gasteiger partial charge in [0.2, 0.25) is 0 Å². The van der Waals surface area contributed by atoms with Gasteiger partial charge in [-0.3, -0.25) is 4.79 Å². The van der Waals surface area contributed by atoms with Gasteiger partial charge in [0.25, 0.3) is 5.91 Å². The predicted octanol–water partition coefficient (Wildman–Crippen LogP) is 5.70. The van der Waals surface area contributed by atoms with E-state index >= 15 is 0 Å². The molecule has 3 rings (SSSR count). The fraction of sp³-hybridized carbons (Fsp3) is 0.0476. The third-order valence-electron chi connectivity index (χ3n) is 3.96. The number of nitrogens with one attached hydrogen (secondary N) is 1. The van der Waals surface area contributed by atoms with Gasteiger partial charge in [0.1, 0.15) is 0 Å². The monoisotopic (exact) mass is 399 g/mol. The summed E-state index contributed by atoms with van der Waals surface area (Å²) in [5.41, 5.74) is 2.61. The first-order valence-electron chi connectivity index (χ1n) is 8.04. The molecule has 0 aliphatic carbocycles. The Balaban J connectivity index is 1.97. The van der Waals surface area contributed by atoms with Crippen molar-refractivity contribution in [3.63, 3.8) is 0 Å². The minimum Gasteiger partial charge on any atom is -0.465 e. The number of ether oxygens (including phenoxy) is 1. The molecule has 1 N–H and O–H groups in total. The third kappa shape index (κ3) is 4.30. The second kappa shape index (κ2) is 8.25. The van der Waals surface area contributed by atoms with Gasteiger partial charge in [-0.15, -0.1) is 0 Å². The first kappa shape index (κ1) is 19.0. The van der Waals surface area contributed by atoms with Crippen molar-refractivity contribution in [2.75, 3.05) is 12.4 Å². The van der Waals surface area contributed by atoms with Crippen molar-refractivity contribution in [3.8, 4) is 11.1 Å². The predicted molar refractivity (Wildman–Crippen MR) is 108 cm³/mol. The highest BCUT2D eigenvalue weighted by atomic mass is 35.5. The van der Waals surface area contributed by atoms with Gasteiger partial charge in [-0.1, -0.05) is 59.6 Å². The molecule has 0 heterocycles. The first-order valence-corrected chi connectivity index (χ1v) is 8.79. The summed E-state index contributed by atoms with van der Waals surface area (Å²) in [6, 6.07) is 19.3. The van der Waals surface area contributed by atoms with Crippen LogP contribution in [0.3, 0.4) is 0 Å². The van der Waals surface area contributed by atoms with Crippen LogP contribution >= 0.6 is 23.2 Å². The van der Waals surface area contributed by atoms with Crippen LogP contribution in [0.25, 0.3) is 11.1 Å². The van der Waals surface area contributed by atoms with Crippen LogP contribution in [0.1, 0.15) is 20.7 Å². The Kier molecular flexibility index (Phi) is 5.79. The Bertz CT molecular complexity index is 1000. The normalized spacial score (nSPS) is 10.3.